The minimum Gasteiger partial charge on any atom is -0.481 e. The van der Waals surface area contributed by atoms with Crippen molar-refractivity contribution in [2.24, 2.45) is 0 Å². The van der Waals surface area contributed by atoms with E-state index in [1.165, 1.54) is 6.07 Å². The average Bonchev–Trinajstić information content (AvgIpc) is 2.91. The van der Waals surface area contributed by atoms with Gasteiger partial charge in [0.2, 0.25) is 0 Å². The third-order valence-electron chi connectivity index (χ3n) is 6.68. The second-order valence-corrected chi connectivity index (χ2v) is 10.8. The molecule has 1 aliphatic rings. The summed E-state index contributed by atoms with van der Waals surface area (Å²) >= 11 is 0. The SMILES string of the molecule is CC1(C)c2cc(S(=O)(=O)O)ccc2[N+](C)(CCCCCC(=O)O)C1/C=C/Nc1ccccc1. The van der Waals surface area contributed by atoms with Gasteiger partial charge in [-0.3, -0.25) is 13.8 Å². The Morgan fingerprint density at radius 3 is 2.45 bits per heavy atom. The molecule has 0 saturated carbocycles. The number of benzene rings is 2. The zero-order chi connectivity index (χ0) is 24.3. The van der Waals surface area contributed by atoms with Crippen molar-refractivity contribution in [2.45, 2.75) is 55.9 Å². The lowest BCUT2D eigenvalue weighted by Crippen LogP contribution is -2.55. The minimum absolute atomic E-state index is 0.000155. The van der Waals surface area contributed by atoms with E-state index in [0.29, 0.717) is 10.9 Å². The number of nitrogens with zero attached hydrogens (tertiary/aromatic N) is 1. The van der Waals surface area contributed by atoms with Gasteiger partial charge in [-0.15, -0.1) is 0 Å². The third kappa shape index (κ3) is 5.46. The maximum Gasteiger partial charge on any atom is 0.303 e. The van der Waals surface area contributed by atoms with Gasteiger partial charge in [-0.25, -0.2) is 0 Å². The van der Waals surface area contributed by atoms with Crippen molar-refractivity contribution >= 4 is 27.5 Å². The molecule has 0 saturated heterocycles. The second kappa shape index (κ2) is 9.67. The minimum atomic E-state index is -4.31. The van der Waals surface area contributed by atoms with Crippen LogP contribution in [-0.4, -0.2) is 43.7 Å². The summed E-state index contributed by atoms with van der Waals surface area (Å²) in [6.07, 6.45) is 6.49. The van der Waals surface area contributed by atoms with Crippen LogP contribution in [0.1, 0.15) is 45.1 Å². The van der Waals surface area contributed by atoms with Gasteiger partial charge >= 0.3 is 5.97 Å². The van der Waals surface area contributed by atoms with Crippen LogP contribution >= 0.6 is 0 Å². The number of carbonyl (C=O) groups is 1. The largest absolute Gasteiger partial charge is 0.481 e. The highest BCUT2D eigenvalue weighted by Crippen LogP contribution is 2.50. The highest BCUT2D eigenvalue weighted by molar-refractivity contribution is 7.85. The van der Waals surface area contributed by atoms with Crippen LogP contribution in [0.3, 0.4) is 0 Å². The normalized spacial score (nSPS) is 21.8. The number of nitrogens with one attached hydrogen (secondary N) is 1. The van der Waals surface area contributed by atoms with Crippen LogP contribution in [0, 0.1) is 0 Å². The molecule has 7 nitrogen and oxygen atoms in total. The molecule has 2 unspecified atom stereocenters. The van der Waals surface area contributed by atoms with Crippen LogP contribution in [0.4, 0.5) is 11.4 Å². The summed E-state index contributed by atoms with van der Waals surface area (Å²) < 4.78 is 33.7. The van der Waals surface area contributed by atoms with Gasteiger partial charge < -0.3 is 10.4 Å². The van der Waals surface area contributed by atoms with E-state index in [1.54, 1.807) is 12.1 Å². The zero-order valence-electron chi connectivity index (χ0n) is 19.4. The predicted molar refractivity (Wildman–Crippen MR) is 131 cm³/mol. The van der Waals surface area contributed by atoms with Gasteiger partial charge in [0.05, 0.1) is 23.9 Å². The number of rotatable bonds is 10. The van der Waals surface area contributed by atoms with Gasteiger partial charge in [0.15, 0.2) is 0 Å². The molecular formula is C25H33N2O5S+. The van der Waals surface area contributed by atoms with Crippen LogP contribution in [0.5, 0.6) is 0 Å². The van der Waals surface area contributed by atoms with E-state index in [2.05, 4.69) is 32.3 Å². The Bertz CT molecular complexity index is 1130. The number of para-hydroxylation sites is 1. The van der Waals surface area contributed by atoms with E-state index < -0.39 is 21.5 Å². The molecule has 178 valence electrons. The van der Waals surface area contributed by atoms with E-state index in [4.69, 9.17) is 5.11 Å². The molecular weight excluding hydrogens is 440 g/mol. The molecule has 0 amide bonds. The van der Waals surface area contributed by atoms with Crippen LogP contribution < -0.4 is 9.80 Å². The molecule has 8 heteroatoms. The molecule has 33 heavy (non-hydrogen) atoms. The fraction of sp³-hybridized carbons (Fsp3) is 0.400. The Kier molecular flexibility index (Phi) is 7.31. The Labute approximate surface area is 196 Å². The molecule has 3 rings (SSSR count). The summed E-state index contributed by atoms with van der Waals surface area (Å²) in [6, 6.07) is 14.7. The van der Waals surface area contributed by atoms with E-state index in [0.717, 1.165) is 36.3 Å². The van der Waals surface area contributed by atoms with Crippen LogP contribution in [0.25, 0.3) is 0 Å². The van der Waals surface area contributed by atoms with Gasteiger partial charge in [-0.2, -0.15) is 8.42 Å². The average molecular weight is 474 g/mol. The molecule has 0 aromatic heterocycles. The fourth-order valence-corrected chi connectivity index (χ4v) is 5.52. The van der Waals surface area contributed by atoms with Gasteiger partial charge in [-0.05, 0) is 63.5 Å². The van der Waals surface area contributed by atoms with E-state index in [9.17, 15) is 17.8 Å². The molecule has 0 radical (unpaired) electrons. The van der Waals surface area contributed by atoms with Crippen molar-refractivity contribution in [3.8, 4) is 0 Å². The van der Waals surface area contributed by atoms with Gasteiger partial charge in [0.1, 0.15) is 11.7 Å². The van der Waals surface area contributed by atoms with Crippen molar-refractivity contribution < 1.29 is 22.9 Å². The van der Waals surface area contributed by atoms with Crippen molar-refractivity contribution in [1.29, 1.82) is 0 Å². The van der Waals surface area contributed by atoms with Crippen molar-refractivity contribution in [3.63, 3.8) is 0 Å². The number of hydrogen-bond acceptors (Lipinski definition) is 4. The summed E-state index contributed by atoms with van der Waals surface area (Å²) in [5, 5.41) is 12.2. The Morgan fingerprint density at radius 1 is 1.12 bits per heavy atom. The summed E-state index contributed by atoms with van der Waals surface area (Å²) in [5.41, 5.74) is 2.47. The van der Waals surface area contributed by atoms with Gasteiger partial charge in [-0.1, -0.05) is 18.2 Å². The van der Waals surface area contributed by atoms with Crippen LogP contribution in [-0.2, 0) is 20.3 Å². The Hall–Kier alpha value is -2.68. The molecule has 0 aliphatic carbocycles. The number of hydrogen-bond donors (Lipinski definition) is 3. The summed E-state index contributed by atoms with van der Waals surface area (Å²) in [7, 11) is -2.17. The number of likely N-dealkylation sites (N-methyl/N-ethyl adjacent to an activating group) is 1. The first-order valence-corrected chi connectivity index (χ1v) is 12.6. The summed E-state index contributed by atoms with van der Waals surface area (Å²) in [5.74, 6) is -0.784. The van der Waals surface area contributed by atoms with Crippen LogP contribution in [0.2, 0.25) is 0 Å². The Morgan fingerprint density at radius 2 is 1.82 bits per heavy atom. The van der Waals surface area contributed by atoms with Crippen molar-refractivity contribution in [3.05, 3.63) is 66.4 Å². The first kappa shape index (κ1) is 25.0. The lowest BCUT2D eigenvalue weighted by Gasteiger charge is -2.39. The fourth-order valence-electron chi connectivity index (χ4n) is 5.01. The number of quaternary nitrogens is 1. The number of anilines is 1. The molecule has 1 aliphatic heterocycles. The molecule has 0 bridgehead atoms. The highest BCUT2D eigenvalue weighted by Gasteiger charge is 2.54. The molecule has 1 heterocycles. The first-order valence-electron chi connectivity index (χ1n) is 11.1. The second-order valence-electron chi connectivity index (χ2n) is 9.39. The quantitative estimate of drug-likeness (QED) is 0.260. The maximum atomic E-state index is 11.8. The molecule has 2 aromatic carbocycles. The summed E-state index contributed by atoms with van der Waals surface area (Å²) in [4.78, 5) is 10.7. The monoisotopic (exact) mass is 473 g/mol. The van der Waals surface area contributed by atoms with E-state index in [1.807, 2.05) is 36.5 Å². The van der Waals surface area contributed by atoms with Gasteiger partial charge in [0.25, 0.3) is 10.1 Å². The third-order valence-corrected chi connectivity index (χ3v) is 7.53. The standard InChI is InChI=1S/C25H32N2O5S/c1-25(2)21-18-20(33(30,31)32)13-14-22(21)27(3,17-9-5-8-12-24(28)29)23(25)15-16-26-19-10-6-4-7-11-19/h4,6-7,10-11,13-16,18,23,26H,5,8-9,12,17H2,1-3H3,(H-,28,29,30,31,32)/p+1/b16-15+. The lowest BCUT2D eigenvalue weighted by atomic mass is 9.80. The van der Waals surface area contributed by atoms with Crippen LogP contribution in [0.15, 0.2) is 65.7 Å². The predicted octanol–water partition coefficient (Wildman–Crippen LogP) is 4.80. The lowest BCUT2D eigenvalue weighted by molar-refractivity contribution is -0.137. The maximum absolute atomic E-state index is 11.8. The topological polar surface area (TPSA) is 104 Å². The summed E-state index contributed by atoms with van der Waals surface area (Å²) in [6.45, 7) is 4.96. The van der Waals surface area contributed by atoms with Crippen molar-refractivity contribution in [2.75, 3.05) is 18.9 Å². The molecule has 0 spiro atoms. The van der Waals surface area contributed by atoms with Gasteiger partial charge in [0, 0.05) is 29.9 Å². The zero-order valence-corrected chi connectivity index (χ0v) is 20.2. The van der Waals surface area contributed by atoms with Crippen molar-refractivity contribution in [1.82, 2.24) is 4.48 Å². The molecule has 0 fully saturated rings. The number of fused-ring (bicyclic) bond motifs is 1. The smallest absolute Gasteiger partial charge is 0.303 e. The van der Waals surface area contributed by atoms with E-state index in [-0.39, 0.29) is 17.4 Å². The number of carboxylic acids is 1. The number of carboxylic acid groups (broad SMARTS) is 1. The molecule has 2 aromatic rings. The number of unbranched alkanes of at least 4 members (excludes halogenated alkanes) is 2. The first-order chi connectivity index (χ1) is 15.5. The molecule has 3 N–H and O–H groups in total. The number of aliphatic carboxylic acids is 1. The highest BCUT2D eigenvalue weighted by atomic mass is 32.2. The Balaban J connectivity index is 1.93. The van der Waals surface area contributed by atoms with E-state index >= 15 is 0 Å². The molecule has 2 atom stereocenters.